The van der Waals surface area contributed by atoms with Gasteiger partial charge in [0.1, 0.15) is 5.69 Å². The van der Waals surface area contributed by atoms with E-state index in [0.29, 0.717) is 16.9 Å². The minimum absolute atomic E-state index is 0.0107. The number of Topliss-reactive ketones (excluding diaryl/α,β-unsaturated/α-hetero) is 1. The summed E-state index contributed by atoms with van der Waals surface area (Å²) in [6.07, 6.45) is 0. The Morgan fingerprint density at radius 3 is 2.52 bits per heavy atom. The lowest BCUT2D eigenvalue weighted by Gasteiger charge is -2.08. The second-order valence-electron chi connectivity index (χ2n) is 5.43. The predicted octanol–water partition coefficient (Wildman–Crippen LogP) is 4.00. The van der Waals surface area contributed by atoms with Crippen LogP contribution in [0.25, 0.3) is 10.9 Å². The Kier molecular flexibility index (Phi) is 3.89. The molecule has 1 aromatic heterocycles. The monoisotopic (exact) mass is 304 g/mol. The molecule has 0 aliphatic heterocycles. The van der Waals surface area contributed by atoms with Crippen molar-refractivity contribution in [2.75, 3.05) is 5.32 Å². The van der Waals surface area contributed by atoms with Crippen LogP contribution >= 0.6 is 0 Å². The number of anilines is 1. The fourth-order valence-corrected chi connectivity index (χ4v) is 2.52. The van der Waals surface area contributed by atoms with E-state index in [2.05, 4.69) is 10.3 Å². The normalized spacial score (nSPS) is 10.5. The van der Waals surface area contributed by atoms with Gasteiger partial charge in [0.05, 0.1) is 5.52 Å². The van der Waals surface area contributed by atoms with Gasteiger partial charge in [0.15, 0.2) is 5.78 Å². The fourth-order valence-electron chi connectivity index (χ4n) is 2.52. The van der Waals surface area contributed by atoms with Gasteiger partial charge in [-0.25, -0.2) is 4.98 Å². The number of carbonyl (C=O) groups is 2. The molecule has 0 aliphatic carbocycles. The maximum absolute atomic E-state index is 12.3. The lowest BCUT2D eigenvalue weighted by atomic mass is 10.0. The third kappa shape index (κ3) is 3.11. The average Bonchev–Trinajstić information content (AvgIpc) is 2.54. The van der Waals surface area contributed by atoms with Crippen molar-refractivity contribution < 1.29 is 9.59 Å². The van der Waals surface area contributed by atoms with Gasteiger partial charge in [-0.2, -0.15) is 0 Å². The van der Waals surface area contributed by atoms with Gasteiger partial charge in [-0.15, -0.1) is 0 Å². The van der Waals surface area contributed by atoms with Crippen LogP contribution in [0.15, 0.2) is 54.6 Å². The molecule has 114 valence electrons. The number of nitrogens with zero attached hydrogens (tertiary/aromatic N) is 1. The summed E-state index contributed by atoms with van der Waals surface area (Å²) in [5.74, 6) is -0.262. The highest BCUT2D eigenvalue weighted by atomic mass is 16.2. The first-order valence-corrected chi connectivity index (χ1v) is 7.33. The lowest BCUT2D eigenvalue weighted by molar-refractivity contribution is 0.101. The summed E-state index contributed by atoms with van der Waals surface area (Å²) in [4.78, 5) is 28.2. The molecule has 0 aliphatic rings. The van der Waals surface area contributed by atoms with E-state index in [9.17, 15) is 9.59 Å². The molecule has 23 heavy (non-hydrogen) atoms. The third-order valence-corrected chi connectivity index (χ3v) is 3.69. The molecule has 0 bridgehead atoms. The number of para-hydroxylation sites is 1. The summed E-state index contributed by atoms with van der Waals surface area (Å²) in [6.45, 7) is 3.38. The number of amides is 1. The van der Waals surface area contributed by atoms with Gasteiger partial charge < -0.3 is 5.32 Å². The third-order valence-electron chi connectivity index (χ3n) is 3.69. The van der Waals surface area contributed by atoms with E-state index in [1.54, 1.807) is 24.3 Å². The van der Waals surface area contributed by atoms with Gasteiger partial charge in [0.25, 0.3) is 5.91 Å². The number of rotatable bonds is 3. The van der Waals surface area contributed by atoms with Crippen molar-refractivity contribution >= 4 is 28.3 Å². The van der Waals surface area contributed by atoms with Crippen LogP contribution in [0, 0.1) is 6.92 Å². The molecular weight excluding hydrogens is 288 g/mol. The Morgan fingerprint density at radius 2 is 1.78 bits per heavy atom. The second-order valence-corrected chi connectivity index (χ2v) is 5.43. The number of hydrogen-bond acceptors (Lipinski definition) is 3. The average molecular weight is 304 g/mol. The molecule has 0 spiro atoms. The minimum Gasteiger partial charge on any atom is -0.321 e. The number of benzene rings is 2. The van der Waals surface area contributed by atoms with Crippen LogP contribution in [0.1, 0.15) is 33.3 Å². The van der Waals surface area contributed by atoms with Gasteiger partial charge in [0.2, 0.25) is 0 Å². The Labute approximate surface area is 134 Å². The van der Waals surface area contributed by atoms with Crippen molar-refractivity contribution in [3.63, 3.8) is 0 Å². The molecule has 4 nitrogen and oxygen atoms in total. The van der Waals surface area contributed by atoms with Crippen molar-refractivity contribution in [3.8, 4) is 0 Å². The predicted molar refractivity (Wildman–Crippen MR) is 90.9 cm³/mol. The largest absolute Gasteiger partial charge is 0.321 e. The summed E-state index contributed by atoms with van der Waals surface area (Å²) in [6, 6.07) is 16.5. The zero-order valence-corrected chi connectivity index (χ0v) is 13.0. The minimum atomic E-state index is -0.272. The van der Waals surface area contributed by atoms with Crippen LogP contribution < -0.4 is 5.32 Å². The molecule has 0 saturated carbocycles. The molecular formula is C19H16N2O2. The summed E-state index contributed by atoms with van der Waals surface area (Å²) in [5.41, 5.74) is 3.28. The van der Waals surface area contributed by atoms with Crippen LogP contribution in [0.3, 0.4) is 0 Å². The lowest BCUT2D eigenvalue weighted by Crippen LogP contribution is -2.14. The van der Waals surface area contributed by atoms with E-state index in [1.165, 1.54) is 6.92 Å². The van der Waals surface area contributed by atoms with Crippen molar-refractivity contribution in [1.29, 1.82) is 0 Å². The number of fused-ring (bicyclic) bond motifs is 1. The van der Waals surface area contributed by atoms with Gasteiger partial charge >= 0.3 is 0 Å². The molecule has 0 atom stereocenters. The topological polar surface area (TPSA) is 59.1 Å². The Morgan fingerprint density at radius 1 is 1.00 bits per heavy atom. The van der Waals surface area contributed by atoms with Gasteiger partial charge in [-0.1, -0.05) is 24.3 Å². The number of pyridine rings is 1. The highest BCUT2D eigenvalue weighted by Gasteiger charge is 2.10. The van der Waals surface area contributed by atoms with E-state index < -0.39 is 0 Å². The number of aromatic nitrogens is 1. The van der Waals surface area contributed by atoms with Crippen LogP contribution in [0.2, 0.25) is 0 Å². The SMILES string of the molecule is CC(=O)c1ccc(NC(=O)c2ccc3ccccc3n2)cc1C. The van der Waals surface area contributed by atoms with Crippen LogP contribution in [-0.2, 0) is 0 Å². The molecule has 3 rings (SSSR count). The second kappa shape index (κ2) is 6.01. The Bertz CT molecular complexity index is 916. The maximum Gasteiger partial charge on any atom is 0.274 e. The first-order chi connectivity index (χ1) is 11.0. The fraction of sp³-hybridized carbons (Fsp3) is 0.105. The van der Waals surface area contributed by atoms with Crippen molar-refractivity contribution in [1.82, 2.24) is 4.98 Å². The molecule has 1 N–H and O–H groups in total. The molecule has 0 saturated heterocycles. The first-order valence-electron chi connectivity index (χ1n) is 7.33. The van der Waals surface area contributed by atoms with Gasteiger partial charge in [-0.3, -0.25) is 9.59 Å². The smallest absolute Gasteiger partial charge is 0.274 e. The number of ketones is 1. The highest BCUT2D eigenvalue weighted by molar-refractivity contribution is 6.04. The van der Waals surface area contributed by atoms with Crippen molar-refractivity contribution in [2.24, 2.45) is 0 Å². The zero-order chi connectivity index (χ0) is 16.4. The molecule has 0 fully saturated rings. The van der Waals surface area contributed by atoms with E-state index in [1.807, 2.05) is 37.3 Å². The summed E-state index contributed by atoms with van der Waals surface area (Å²) in [5, 5.41) is 3.81. The Hall–Kier alpha value is -3.01. The van der Waals surface area contributed by atoms with E-state index >= 15 is 0 Å². The van der Waals surface area contributed by atoms with Crippen molar-refractivity contribution in [3.05, 3.63) is 71.4 Å². The molecule has 0 radical (unpaired) electrons. The Balaban J connectivity index is 1.85. The highest BCUT2D eigenvalue weighted by Crippen LogP contribution is 2.17. The number of aryl methyl sites for hydroxylation is 1. The molecule has 2 aromatic carbocycles. The molecule has 3 aromatic rings. The molecule has 1 amide bonds. The summed E-state index contributed by atoms with van der Waals surface area (Å²) in [7, 11) is 0. The van der Waals surface area contributed by atoms with E-state index in [0.717, 1.165) is 16.5 Å². The van der Waals surface area contributed by atoms with Crippen LogP contribution in [-0.4, -0.2) is 16.7 Å². The van der Waals surface area contributed by atoms with Gasteiger partial charge in [-0.05, 0) is 49.7 Å². The quantitative estimate of drug-likeness (QED) is 0.744. The molecule has 1 heterocycles. The molecule has 0 unspecified atom stereocenters. The number of hydrogen-bond donors (Lipinski definition) is 1. The van der Waals surface area contributed by atoms with E-state index in [-0.39, 0.29) is 11.7 Å². The maximum atomic E-state index is 12.3. The summed E-state index contributed by atoms with van der Waals surface area (Å²) < 4.78 is 0. The van der Waals surface area contributed by atoms with Crippen molar-refractivity contribution in [2.45, 2.75) is 13.8 Å². The van der Waals surface area contributed by atoms with Gasteiger partial charge in [0, 0.05) is 16.6 Å². The molecule has 4 heteroatoms. The first kappa shape index (κ1) is 14.9. The standard InChI is InChI=1S/C19H16N2O2/c1-12-11-15(8-9-16(12)13(2)22)20-19(23)18-10-7-14-5-3-4-6-17(14)21-18/h3-11H,1-2H3,(H,20,23). The summed E-state index contributed by atoms with van der Waals surface area (Å²) >= 11 is 0. The zero-order valence-electron chi connectivity index (χ0n) is 13.0. The number of nitrogens with one attached hydrogen (secondary N) is 1. The van der Waals surface area contributed by atoms with Crippen LogP contribution in [0.5, 0.6) is 0 Å². The van der Waals surface area contributed by atoms with E-state index in [4.69, 9.17) is 0 Å². The number of carbonyl (C=O) groups excluding carboxylic acids is 2. The van der Waals surface area contributed by atoms with Crippen LogP contribution in [0.4, 0.5) is 5.69 Å².